The molecule has 6 heteroatoms. The van der Waals surface area contributed by atoms with Gasteiger partial charge in [-0.3, -0.25) is 9.59 Å². The molecule has 3 heterocycles. The summed E-state index contributed by atoms with van der Waals surface area (Å²) in [6.45, 7) is 1.57. The highest BCUT2D eigenvalue weighted by Crippen LogP contribution is 2.21. The Labute approximate surface area is 157 Å². The van der Waals surface area contributed by atoms with E-state index in [1.54, 1.807) is 12.3 Å². The summed E-state index contributed by atoms with van der Waals surface area (Å²) in [6.07, 6.45) is 5.50. The van der Waals surface area contributed by atoms with Crippen LogP contribution in [0.25, 0.3) is 10.9 Å². The maximum atomic E-state index is 12.8. The van der Waals surface area contributed by atoms with Crippen LogP contribution in [-0.2, 0) is 22.6 Å². The standard InChI is InChI=1S/C21H23N3O3/c25-20(11-16-12-22-19-8-2-1-7-18(16)19)24-9-3-5-15(14-24)21(26)23-13-17-6-4-10-27-17/h1-2,4,6-8,10,12,15,22H,3,5,9,11,13-14H2,(H,23,26). The van der Waals surface area contributed by atoms with Gasteiger partial charge in [0.2, 0.25) is 11.8 Å². The molecule has 0 bridgehead atoms. The zero-order chi connectivity index (χ0) is 18.6. The summed E-state index contributed by atoms with van der Waals surface area (Å²) >= 11 is 0. The number of carbonyl (C=O) groups is 2. The van der Waals surface area contributed by atoms with Crippen LogP contribution in [0.2, 0.25) is 0 Å². The average Bonchev–Trinajstić information content (AvgIpc) is 3.36. The number of aromatic nitrogens is 1. The van der Waals surface area contributed by atoms with Crippen molar-refractivity contribution in [1.29, 1.82) is 0 Å². The molecule has 1 aromatic carbocycles. The lowest BCUT2D eigenvalue weighted by Gasteiger charge is -2.32. The zero-order valence-electron chi connectivity index (χ0n) is 15.1. The lowest BCUT2D eigenvalue weighted by molar-refractivity contribution is -0.135. The Hall–Kier alpha value is -3.02. The van der Waals surface area contributed by atoms with Crippen molar-refractivity contribution in [2.24, 2.45) is 5.92 Å². The van der Waals surface area contributed by atoms with Crippen LogP contribution in [0.15, 0.2) is 53.3 Å². The monoisotopic (exact) mass is 365 g/mol. The normalized spacial score (nSPS) is 17.2. The van der Waals surface area contributed by atoms with Gasteiger partial charge < -0.3 is 19.6 Å². The fourth-order valence-electron chi connectivity index (χ4n) is 3.70. The Bertz CT molecular complexity index is 929. The maximum Gasteiger partial charge on any atom is 0.227 e. The maximum absolute atomic E-state index is 12.8. The molecular formula is C21H23N3O3. The largest absolute Gasteiger partial charge is 0.467 e. The molecular weight excluding hydrogens is 342 g/mol. The molecule has 6 nitrogen and oxygen atoms in total. The minimum Gasteiger partial charge on any atom is -0.467 e. The first-order valence-corrected chi connectivity index (χ1v) is 9.33. The number of nitrogens with one attached hydrogen (secondary N) is 2. The van der Waals surface area contributed by atoms with Crippen LogP contribution >= 0.6 is 0 Å². The fourth-order valence-corrected chi connectivity index (χ4v) is 3.70. The summed E-state index contributed by atoms with van der Waals surface area (Å²) < 4.78 is 5.24. The molecule has 2 aromatic heterocycles. The smallest absolute Gasteiger partial charge is 0.227 e. The molecule has 4 rings (SSSR count). The molecule has 3 aromatic rings. The van der Waals surface area contributed by atoms with Crippen LogP contribution in [0.4, 0.5) is 0 Å². The number of furan rings is 1. The molecule has 140 valence electrons. The van der Waals surface area contributed by atoms with Crippen molar-refractivity contribution in [3.63, 3.8) is 0 Å². The van der Waals surface area contributed by atoms with Crippen LogP contribution in [0.3, 0.4) is 0 Å². The quantitative estimate of drug-likeness (QED) is 0.730. The van der Waals surface area contributed by atoms with E-state index in [1.165, 1.54) is 0 Å². The topological polar surface area (TPSA) is 78.3 Å². The molecule has 1 aliphatic heterocycles. The number of benzene rings is 1. The van der Waals surface area contributed by atoms with Crippen LogP contribution in [0.5, 0.6) is 0 Å². The highest BCUT2D eigenvalue weighted by molar-refractivity contribution is 5.89. The number of rotatable bonds is 5. The number of aromatic amines is 1. The number of nitrogens with zero attached hydrogens (tertiary/aromatic N) is 1. The van der Waals surface area contributed by atoms with E-state index in [1.807, 2.05) is 41.4 Å². The number of piperidine rings is 1. The zero-order valence-corrected chi connectivity index (χ0v) is 15.1. The second-order valence-corrected chi connectivity index (χ2v) is 7.01. The number of hydrogen-bond donors (Lipinski definition) is 2. The van der Waals surface area contributed by atoms with Crippen LogP contribution in [0, 0.1) is 5.92 Å². The third-order valence-electron chi connectivity index (χ3n) is 5.18. The third kappa shape index (κ3) is 3.89. The lowest BCUT2D eigenvalue weighted by Crippen LogP contribution is -2.45. The van der Waals surface area contributed by atoms with Crippen LogP contribution in [-0.4, -0.2) is 34.8 Å². The Morgan fingerprint density at radius 3 is 2.96 bits per heavy atom. The molecule has 0 saturated carbocycles. The minimum absolute atomic E-state index is 0.0176. The van der Waals surface area contributed by atoms with E-state index in [4.69, 9.17) is 4.42 Å². The summed E-state index contributed by atoms with van der Waals surface area (Å²) in [5, 5.41) is 3.99. The van der Waals surface area contributed by atoms with Gasteiger partial charge in [-0.1, -0.05) is 18.2 Å². The molecule has 1 unspecified atom stereocenters. The van der Waals surface area contributed by atoms with Gasteiger partial charge in [-0.25, -0.2) is 0 Å². The fraction of sp³-hybridized carbons (Fsp3) is 0.333. The average molecular weight is 365 g/mol. The predicted molar refractivity (Wildman–Crippen MR) is 102 cm³/mol. The van der Waals surface area contributed by atoms with Crippen LogP contribution < -0.4 is 5.32 Å². The van der Waals surface area contributed by atoms with E-state index in [0.29, 0.717) is 26.1 Å². The first-order chi connectivity index (χ1) is 13.2. The van der Waals surface area contributed by atoms with Gasteiger partial charge in [0.05, 0.1) is 25.1 Å². The highest BCUT2D eigenvalue weighted by Gasteiger charge is 2.28. The Morgan fingerprint density at radius 1 is 1.22 bits per heavy atom. The molecule has 1 aliphatic rings. The van der Waals surface area contributed by atoms with Gasteiger partial charge in [-0.2, -0.15) is 0 Å². The van der Waals surface area contributed by atoms with Crippen molar-refractivity contribution in [3.05, 3.63) is 60.2 Å². The second-order valence-electron chi connectivity index (χ2n) is 7.01. The van der Waals surface area contributed by atoms with E-state index in [0.717, 1.165) is 35.1 Å². The Kier molecular flexibility index (Phi) is 4.96. The van der Waals surface area contributed by atoms with Crippen molar-refractivity contribution >= 4 is 22.7 Å². The van der Waals surface area contributed by atoms with E-state index in [9.17, 15) is 9.59 Å². The molecule has 27 heavy (non-hydrogen) atoms. The molecule has 0 aliphatic carbocycles. The van der Waals surface area contributed by atoms with Gasteiger partial charge in [0, 0.05) is 30.2 Å². The second kappa shape index (κ2) is 7.70. The van der Waals surface area contributed by atoms with Gasteiger partial charge in [-0.15, -0.1) is 0 Å². The van der Waals surface area contributed by atoms with Crippen molar-refractivity contribution < 1.29 is 14.0 Å². The summed E-state index contributed by atoms with van der Waals surface area (Å²) in [5.74, 6) is 0.617. The van der Waals surface area contributed by atoms with E-state index < -0.39 is 0 Å². The summed E-state index contributed by atoms with van der Waals surface area (Å²) in [5.41, 5.74) is 2.04. The van der Waals surface area contributed by atoms with Crippen molar-refractivity contribution in [2.45, 2.75) is 25.8 Å². The van der Waals surface area contributed by atoms with Gasteiger partial charge in [0.25, 0.3) is 0 Å². The van der Waals surface area contributed by atoms with Gasteiger partial charge in [0.1, 0.15) is 5.76 Å². The van der Waals surface area contributed by atoms with Gasteiger partial charge >= 0.3 is 0 Å². The number of fused-ring (bicyclic) bond motifs is 1. The SMILES string of the molecule is O=C(NCc1ccco1)C1CCCN(C(=O)Cc2c[nH]c3ccccc23)C1. The van der Waals surface area contributed by atoms with Gasteiger partial charge in [-0.05, 0) is 36.6 Å². The highest BCUT2D eigenvalue weighted by atomic mass is 16.3. The number of hydrogen-bond acceptors (Lipinski definition) is 3. The van der Waals surface area contributed by atoms with E-state index in [-0.39, 0.29) is 17.7 Å². The molecule has 0 spiro atoms. The number of amides is 2. The van der Waals surface area contributed by atoms with E-state index in [2.05, 4.69) is 10.3 Å². The number of likely N-dealkylation sites (tertiary alicyclic amines) is 1. The Morgan fingerprint density at radius 2 is 2.11 bits per heavy atom. The summed E-state index contributed by atoms with van der Waals surface area (Å²) in [6, 6.07) is 11.6. The first kappa shape index (κ1) is 17.4. The van der Waals surface area contributed by atoms with Crippen LogP contribution in [0.1, 0.15) is 24.2 Å². The molecule has 2 amide bonds. The Balaban J connectivity index is 1.35. The minimum atomic E-state index is -0.166. The summed E-state index contributed by atoms with van der Waals surface area (Å²) in [4.78, 5) is 30.3. The third-order valence-corrected chi connectivity index (χ3v) is 5.18. The molecule has 2 N–H and O–H groups in total. The van der Waals surface area contributed by atoms with Crippen molar-refractivity contribution in [1.82, 2.24) is 15.2 Å². The molecule has 1 saturated heterocycles. The number of carbonyl (C=O) groups excluding carboxylic acids is 2. The molecule has 1 fully saturated rings. The van der Waals surface area contributed by atoms with Gasteiger partial charge in [0.15, 0.2) is 0 Å². The van der Waals surface area contributed by atoms with E-state index >= 15 is 0 Å². The molecule has 0 radical (unpaired) electrons. The first-order valence-electron chi connectivity index (χ1n) is 9.33. The number of H-pyrrole nitrogens is 1. The summed E-state index contributed by atoms with van der Waals surface area (Å²) in [7, 11) is 0. The molecule has 1 atom stereocenters. The predicted octanol–water partition coefficient (Wildman–Crippen LogP) is 2.86. The lowest BCUT2D eigenvalue weighted by atomic mass is 9.96. The number of para-hydroxylation sites is 1. The van der Waals surface area contributed by atoms with Crippen molar-refractivity contribution in [3.8, 4) is 0 Å². The van der Waals surface area contributed by atoms with Crippen molar-refractivity contribution in [2.75, 3.05) is 13.1 Å².